The Kier molecular flexibility index (Phi) is 8.27. The highest BCUT2D eigenvalue weighted by Gasteiger charge is 2.00. The zero-order valence-corrected chi connectivity index (χ0v) is 9.51. The van der Waals surface area contributed by atoms with E-state index in [1.165, 1.54) is 6.42 Å². The van der Waals surface area contributed by atoms with Gasteiger partial charge in [0.15, 0.2) is 0 Å². The number of likely N-dealkylation sites (N-methyl/N-ethyl adjacent to an activating group) is 1. The summed E-state index contributed by atoms with van der Waals surface area (Å²) in [7, 11) is 1.70. The molecule has 0 aliphatic carbocycles. The van der Waals surface area contributed by atoms with Gasteiger partial charge in [-0.05, 0) is 19.5 Å². The second-order valence-electron chi connectivity index (χ2n) is 3.08. The van der Waals surface area contributed by atoms with Crippen LogP contribution in [-0.2, 0) is 0 Å². The molecule has 0 aromatic heterocycles. The van der Waals surface area contributed by atoms with Crippen LogP contribution >= 0.6 is 0 Å². The number of nitrogens with two attached hydrogens (primary N) is 1. The second kappa shape index (κ2) is 8.77. The van der Waals surface area contributed by atoms with E-state index in [-0.39, 0.29) is 0 Å². The molecule has 0 aromatic carbocycles. The quantitative estimate of drug-likeness (QED) is 0.240. The van der Waals surface area contributed by atoms with Crippen molar-refractivity contribution in [2.45, 2.75) is 20.3 Å². The minimum atomic E-state index is 0.637. The summed E-state index contributed by atoms with van der Waals surface area (Å²) >= 11 is 0. The number of aliphatic imine (C=N–C) groups is 1. The molecule has 0 atom stereocenters. The van der Waals surface area contributed by atoms with Crippen molar-refractivity contribution in [3.63, 3.8) is 0 Å². The van der Waals surface area contributed by atoms with Crippen LogP contribution in [0.5, 0.6) is 0 Å². The lowest BCUT2D eigenvalue weighted by atomic mass is 10.4. The third kappa shape index (κ3) is 5.77. The Morgan fingerprint density at radius 2 is 2.07 bits per heavy atom. The highest BCUT2D eigenvalue weighted by atomic mass is 15.3. The zero-order chi connectivity index (χ0) is 10.8. The molecule has 0 aromatic rings. The molecular formula is C9H23N5. The molecule has 0 unspecified atom stereocenters. The molecule has 0 aliphatic heterocycles. The SMILES string of the molecule is CCCN(CC)CCNC(=NC)NN. The van der Waals surface area contributed by atoms with E-state index in [4.69, 9.17) is 5.84 Å². The Morgan fingerprint density at radius 1 is 1.36 bits per heavy atom. The smallest absolute Gasteiger partial charge is 0.205 e. The first-order valence-electron chi connectivity index (χ1n) is 5.18. The van der Waals surface area contributed by atoms with Gasteiger partial charge in [-0.15, -0.1) is 0 Å². The number of nitrogens with one attached hydrogen (secondary N) is 2. The molecule has 0 rings (SSSR count). The van der Waals surface area contributed by atoms with Gasteiger partial charge >= 0.3 is 0 Å². The van der Waals surface area contributed by atoms with Crippen LogP contribution in [0, 0.1) is 0 Å². The van der Waals surface area contributed by atoms with Gasteiger partial charge in [-0.2, -0.15) is 0 Å². The topological polar surface area (TPSA) is 65.7 Å². The van der Waals surface area contributed by atoms with Crippen LogP contribution in [0.15, 0.2) is 4.99 Å². The van der Waals surface area contributed by atoms with E-state index < -0.39 is 0 Å². The summed E-state index contributed by atoms with van der Waals surface area (Å²) in [5, 5.41) is 3.11. The van der Waals surface area contributed by atoms with E-state index in [0.717, 1.165) is 26.2 Å². The lowest BCUT2D eigenvalue weighted by molar-refractivity contribution is 0.293. The minimum absolute atomic E-state index is 0.637. The Balaban J connectivity index is 3.59. The molecule has 5 heteroatoms. The molecule has 0 saturated carbocycles. The van der Waals surface area contributed by atoms with Crippen LogP contribution in [0.2, 0.25) is 0 Å². The van der Waals surface area contributed by atoms with Crippen LogP contribution in [0.25, 0.3) is 0 Å². The van der Waals surface area contributed by atoms with E-state index in [1.54, 1.807) is 7.05 Å². The van der Waals surface area contributed by atoms with Gasteiger partial charge in [0.25, 0.3) is 0 Å². The number of hydrogen-bond donors (Lipinski definition) is 3. The summed E-state index contributed by atoms with van der Waals surface area (Å²) in [4.78, 5) is 6.31. The molecule has 5 nitrogen and oxygen atoms in total. The van der Waals surface area contributed by atoms with Crippen molar-refractivity contribution >= 4 is 5.96 Å². The van der Waals surface area contributed by atoms with Crippen LogP contribution in [0.4, 0.5) is 0 Å². The van der Waals surface area contributed by atoms with Crippen molar-refractivity contribution in [1.82, 2.24) is 15.6 Å². The number of nitrogens with zero attached hydrogens (tertiary/aromatic N) is 2. The van der Waals surface area contributed by atoms with Gasteiger partial charge in [0.2, 0.25) is 5.96 Å². The molecule has 0 spiro atoms. The Bertz CT molecular complexity index is 157. The fraction of sp³-hybridized carbons (Fsp3) is 0.889. The summed E-state index contributed by atoms with van der Waals surface area (Å²) in [6, 6.07) is 0. The first-order valence-corrected chi connectivity index (χ1v) is 5.18. The molecule has 0 radical (unpaired) electrons. The minimum Gasteiger partial charge on any atom is -0.354 e. The monoisotopic (exact) mass is 201 g/mol. The van der Waals surface area contributed by atoms with Crippen molar-refractivity contribution < 1.29 is 0 Å². The van der Waals surface area contributed by atoms with Gasteiger partial charge in [0.05, 0.1) is 0 Å². The van der Waals surface area contributed by atoms with E-state index in [2.05, 4.69) is 34.5 Å². The third-order valence-electron chi connectivity index (χ3n) is 2.07. The van der Waals surface area contributed by atoms with Crippen LogP contribution in [-0.4, -0.2) is 44.1 Å². The normalized spacial score (nSPS) is 11.9. The van der Waals surface area contributed by atoms with E-state index in [0.29, 0.717) is 5.96 Å². The van der Waals surface area contributed by atoms with Crippen molar-refractivity contribution in [2.75, 3.05) is 33.2 Å². The largest absolute Gasteiger partial charge is 0.354 e. The Hall–Kier alpha value is -0.810. The van der Waals surface area contributed by atoms with Gasteiger partial charge in [0, 0.05) is 20.1 Å². The van der Waals surface area contributed by atoms with Crippen LogP contribution in [0.3, 0.4) is 0 Å². The van der Waals surface area contributed by atoms with Crippen LogP contribution in [0.1, 0.15) is 20.3 Å². The molecule has 0 amide bonds. The molecule has 0 aliphatic rings. The predicted octanol–water partition coefficient (Wildman–Crippen LogP) is -0.243. The van der Waals surface area contributed by atoms with E-state index in [9.17, 15) is 0 Å². The number of hydrogen-bond acceptors (Lipinski definition) is 3. The fourth-order valence-corrected chi connectivity index (χ4v) is 1.27. The lowest BCUT2D eigenvalue weighted by Crippen LogP contribution is -2.44. The third-order valence-corrected chi connectivity index (χ3v) is 2.07. The fourth-order valence-electron chi connectivity index (χ4n) is 1.27. The summed E-state index contributed by atoms with van der Waals surface area (Å²) in [5.74, 6) is 5.87. The molecule has 0 saturated heterocycles. The maximum Gasteiger partial charge on any atom is 0.205 e. The van der Waals surface area contributed by atoms with Crippen molar-refractivity contribution in [1.29, 1.82) is 0 Å². The predicted molar refractivity (Wildman–Crippen MR) is 61.1 cm³/mol. The lowest BCUT2D eigenvalue weighted by Gasteiger charge is -2.19. The second-order valence-corrected chi connectivity index (χ2v) is 3.08. The van der Waals surface area contributed by atoms with Crippen molar-refractivity contribution in [2.24, 2.45) is 10.8 Å². The van der Waals surface area contributed by atoms with Gasteiger partial charge in [-0.25, -0.2) is 5.84 Å². The first-order chi connectivity index (χ1) is 6.78. The molecule has 14 heavy (non-hydrogen) atoms. The van der Waals surface area contributed by atoms with Gasteiger partial charge in [-0.1, -0.05) is 13.8 Å². The maximum absolute atomic E-state index is 5.23. The highest BCUT2D eigenvalue weighted by Crippen LogP contribution is 1.88. The summed E-state index contributed by atoms with van der Waals surface area (Å²) in [6.07, 6.45) is 1.19. The van der Waals surface area contributed by atoms with Gasteiger partial charge < -0.3 is 10.2 Å². The Labute approximate surface area is 86.7 Å². The summed E-state index contributed by atoms with van der Waals surface area (Å²) < 4.78 is 0. The molecule has 4 N–H and O–H groups in total. The molecule has 0 heterocycles. The molecule has 84 valence electrons. The summed E-state index contributed by atoms with van der Waals surface area (Å²) in [6.45, 7) is 8.48. The molecular weight excluding hydrogens is 178 g/mol. The number of hydrazine groups is 1. The average Bonchev–Trinajstić information content (AvgIpc) is 2.23. The first kappa shape index (κ1) is 13.2. The number of guanidine groups is 1. The average molecular weight is 201 g/mol. The Morgan fingerprint density at radius 3 is 2.50 bits per heavy atom. The molecule has 0 bridgehead atoms. The van der Waals surface area contributed by atoms with E-state index >= 15 is 0 Å². The van der Waals surface area contributed by atoms with Crippen molar-refractivity contribution in [3.05, 3.63) is 0 Å². The van der Waals surface area contributed by atoms with Gasteiger partial charge in [0.1, 0.15) is 0 Å². The van der Waals surface area contributed by atoms with E-state index in [1.807, 2.05) is 0 Å². The van der Waals surface area contributed by atoms with Gasteiger partial charge in [-0.3, -0.25) is 10.4 Å². The van der Waals surface area contributed by atoms with Crippen LogP contribution < -0.4 is 16.6 Å². The van der Waals surface area contributed by atoms with Crippen molar-refractivity contribution in [3.8, 4) is 0 Å². The highest BCUT2D eigenvalue weighted by molar-refractivity contribution is 5.78. The summed E-state index contributed by atoms with van der Waals surface area (Å²) in [5.41, 5.74) is 2.50. The zero-order valence-electron chi connectivity index (χ0n) is 9.51. The molecule has 0 fully saturated rings. The standard InChI is InChI=1S/C9H23N5/c1-4-7-14(5-2)8-6-12-9(11-3)13-10/h4-8,10H2,1-3H3,(H2,11,12,13). The number of rotatable bonds is 6. The maximum atomic E-state index is 5.23.